The smallest absolute Gasteiger partial charge is 0.244 e. The summed E-state index contributed by atoms with van der Waals surface area (Å²) in [4.78, 5) is 4.13. The Morgan fingerprint density at radius 3 is 2.04 bits per heavy atom. The van der Waals surface area contributed by atoms with E-state index in [2.05, 4.69) is 25.8 Å². The van der Waals surface area contributed by atoms with Crippen molar-refractivity contribution in [2.45, 2.75) is 20.8 Å². The van der Waals surface area contributed by atoms with Gasteiger partial charge in [0.05, 0.1) is 7.11 Å². The van der Waals surface area contributed by atoms with E-state index in [-0.39, 0.29) is 5.41 Å². The second kappa shape index (κ2) is 7.89. The largest absolute Gasteiger partial charge is 0.495 e. The number of nitrogens with zero attached hydrogens (tertiary/aromatic N) is 2. The molecular formula is C22H23ClN2O2. The predicted octanol–water partition coefficient (Wildman–Crippen LogP) is 6.10. The van der Waals surface area contributed by atoms with Crippen molar-refractivity contribution in [1.82, 2.24) is 9.55 Å². The first-order valence-electron chi connectivity index (χ1n) is 8.69. The highest BCUT2D eigenvalue weighted by molar-refractivity contribution is 6.30. The number of benzene rings is 2. The Labute approximate surface area is 165 Å². The summed E-state index contributed by atoms with van der Waals surface area (Å²) >= 11 is 5.97. The molecule has 2 aromatic carbocycles. The van der Waals surface area contributed by atoms with Gasteiger partial charge in [-0.05, 0) is 35.4 Å². The van der Waals surface area contributed by atoms with Gasteiger partial charge in [-0.15, -0.1) is 0 Å². The lowest BCUT2D eigenvalue weighted by molar-refractivity contribution is 0.195. The van der Waals surface area contributed by atoms with Crippen molar-refractivity contribution in [2.24, 2.45) is 5.41 Å². The minimum atomic E-state index is -0.225. The number of ether oxygens (including phenoxy) is 2. The first-order valence-corrected chi connectivity index (χ1v) is 9.07. The number of hydrogen-bond donors (Lipinski definition) is 0. The highest BCUT2D eigenvalue weighted by Crippen LogP contribution is 2.32. The zero-order valence-electron chi connectivity index (χ0n) is 15.9. The summed E-state index contributed by atoms with van der Waals surface area (Å²) in [7, 11) is 1.66. The van der Waals surface area contributed by atoms with Crippen molar-refractivity contribution in [2.75, 3.05) is 7.11 Å². The van der Waals surface area contributed by atoms with Gasteiger partial charge in [0.2, 0.25) is 5.88 Å². The summed E-state index contributed by atoms with van der Waals surface area (Å²) in [5.41, 5.74) is 1.97. The lowest BCUT2D eigenvalue weighted by atomic mass is 9.94. The molecule has 4 nitrogen and oxygen atoms in total. The Kier molecular flexibility index (Phi) is 5.57. The molecule has 1 heterocycles. The Balaban J connectivity index is 1.93. The number of methoxy groups -OCH3 is 1. The van der Waals surface area contributed by atoms with Crippen molar-refractivity contribution in [1.29, 1.82) is 0 Å². The topological polar surface area (TPSA) is 36.3 Å². The van der Waals surface area contributed by atoms with Crippen LogP contribution in [-0.2, 0) is 4.74 Å². The van der Waals surface area contributed by atoms with E-state index in [0.717, 1.165) is 27.7 Å². The van der Waals surface area contributed by atoms with Crippen LogP contribution in [-0.4, -0.2) is 16.7 Å². The fourth-order valence-electron chi connectivity index (χ4n) is 2.78. The lowest BCUT2D eigenvalue weighted by Crippen LogP contribution is -2.18. The quantitative estimate of drug-likeness (QED) is 0.500. The maximum Gasteiger partial charge on any atom is 0.244 e. The van der Waals surface area contributed by atoms with Crippen LogP contribution in [0.3, 0.4) is 0 Å². The Hall–Kier alpha value is -2.72. The second-order valence-electron chi connectivity index (χ2n) is 7.19. The summed E-state index contributed by atoms with van der Waals surface area (Å²) in [6.45, 7) is 6.24. The van der Waals surface area contributed by atoms with Gasteiger partial charge in [-0.3, -0.25) is 4.57 Å². The highest BCUT2D eigenvalue weighted by Gasteiger charge is 2.25. The molecule has 5 heteroatoms. The van der Waals surface area contributed by atoms with Crippen LogP contribution in [0.5, 0.6) is 5.75 Å². The summed E-state index contributed by atoms with van der Waals surface area (Å²) in [6, 6.07) is 15.7. The minimum absolute atomic E-state index is 0.225. The van der Waals surface area contributed by atoms with Gasteiger partial charge in [-0.25, -0.2) is 4.98 Å². The molecule has 0 aliphatic carbocycles. The van der Waals surface area contributed by atoms with Crippen LogP contribution in [0.25, 0.3) is 17.0 Å². The molecule has 0 radical (unpaired) electrons. The van der Waals surface area contributed by atoms with Gasteiger partial charge in [0.15, 0.2) is 5.76 Å². The number of rotatable bonds is 5. The Bertz CT molecular complexity index is 906. The Morgan fingerprint density at radius 2 is 1.56 bits per heavy atom. The number of aromatic nitrogens is 2. The summed E-state index contributed by atoms with van der Waals surface area (Å²) in [6.07, 6.45) is 5.24. The van der Waals surface area contributed by atoms with Gasteiger partial charge in [-0.2, -0.15) is 0 Å². The molecule has 0 aliphatic rings. The first kappa shape index (κ1) is 19.1. The van der Waals surface area contributed by atoms with E-state index in [0.29, 0.717) is 5.88 Å². The number of hydrogen-bond acceptors (Lipinski definition) is 3. The molecule has 0 unspecified atom stereocenters. The molecule has 27 heavy (non-hydrogen) atoms. The molecule has 0 saturated carbocycles. The average molecular weight is 383 g/mol. The number of halogens is 1. The lowest BCUT2D eigenvalue weighted by Gasteiger charge is -2.25. The fraction of sp³-hybridized carbons (Fsp3) is 0.227. The molecule has 0 spiro atoms. The fourth-order valence-corrected chi connectivity index (χ4v) is 2.91. The number of imidazole rings is 1. The average Bonchev–Trinajstić information content (AvgIpc) is 3.16. The molecule has 140 valence electrons. The van der Waals surface area contributed by atoms with Crippen LogP contribution >= 0.6 is 11.6 Å². The molecule has 3 aromatic rings. The van der Waals surface area contributed by atoms with Crippen molar-refractivity contribution in [3.8, 4) is 16.9 Å². The SMILES string of the molecule is COC(=C(Oc1ccc(-c2ccc(Cl)cc2)cc1)n1ccnc1)C(C)(C)C. The standard InChI is InChI=1S/C22H23ClN2O2/c1-22(2,3)20(26-4)21(25-14-13-24-15-25)27-19-11-7-17(8-12-19)16-5-9-18(23)10-6-16/h5-15H,1-4H3. The highest BCUT2D eigenvalue weighted by atomic mass is 35.5. The molecule has 0 N–H and O–H groups in total. The Morgan fingerprint density at radius 1 is 0.963 bits per heavy atom. The van der Waals surface area contributed by atoms with Crippen LogP contribution in [0, 0.1) is 5.41 Å². The zero-order valence-corrected chi connectivity index (χ0v) is 16.7. The van der Waals surface area contributed by atoms with E-state index >= 15 is 0 Å². The predicted molar refractivity (Wildman–Crippen MR) is 109 cm³/mol. The zero-order chi connectivity index (χ0) is 19.4. The third-order valence-corrected chi connectivity index (χ3v) is 4.32. The monoisotopic (exact) mass is 382 g/mol. The second-order valence-corrected chi connectivity index (χ2v) is 7.63. The van der Waals surface area contributed by atoms with Crippen molar-refractivity contribution >= 4 is 17.5 Å². The van der Waals surface area contributed by atoms with Crippen LogP contribution in [0.1, 0.15) is 20.8 Å². The van der Waals surface area contributed by atoms with Gasteiger partial charge < -0.3 is 9.47 Å². The molecule has 3 rings (SSSR count). The van der Waals surface area contributed by atoms with Crippen molar-refractivity contribution in [3.05, 3.63) is 78.0 Å². The van der Waals surface area contributed by atoms with E-state index in [1.54, 1.807) is 19.6 Å². The normalized spacial score (nSPS) is 12.5. The third kappa shape index (κ3) is 4.52. The van der Waals surface area contributed by atoms with Gasteiger partial charge in [0.25, 0.3) is 0 Å². The first-order chi connectivity index (χ1) is 12.9. The molecule has 0 amide bonds. The van der Waals surface area contributed by atoms with Gasteiger partial charge >= 0.3 is 0 Å². The van der Waals surface area contributed by atoms with Crippen LogP contribution in [0.2, 0.25) is 5.02 Å². The van der Waals surface area contributed by atoms with E-state index in [1.165, 1.54) is 0 Å². The van der Waals surface area contributed by atoms with Gasteiger partial charge in [-0.1, -0.05) is 56.6 Å². The minimum Gasteiger partial charge on any atom is -0.495 e. The van der Waals surface area contributed by atoms with E-state index < -0.39 is 0 Å². The van der Waals surface area contributed by atoms with E-state index in [9.17, 15) is 0 Å². The molecule has 0 fully saturated rings. The molecule has 0 saturated heterocycles. The molecule has 0 bridgehead atoms. The molecule has 0 atom stereocenters. The molecule has 1 aromatic heterocycles. The third-order valence-electron chi connectivity index (χ3n) is 4.06. The number of allylic oxidation sites excluding steroid dienone is 1. The molecular weight excluding hydrogens is 360 g/mol. The van der Waals surface area contributed by atoms with E-state index in [4.69, 9.17) is 21.1 Å². The van der Waals surface area contributed by atoms with Gasteiger partial charge in [0.1, 0.15) is 12.1 Å². The van der Waals surface area contributed by atoms with Crippen molar-refractivity contribution in [3.63, 3.8) is 0 Å². The summed E-state index contributed by atoms with van der Waals surface area (Å²) in [5.74, 6) is 2.05. The summed E-state index contributed by atoms with van der Waals surface area (Å²) < 4.78 is 13.7. The molecule has 0 aliphatic heterocycles. The van der Waals surface area contributed by atoms with Crippen molar-refractivity contribution < 1.29 is 9.47 Å². The van der Waals surface area contributed by atoms with Gasteiger partial charge in [0, 0.05) is 22.8 Å². The maximum atomic E-state index is 6.20. The van der Waals surface area contributed by atoms with Crippen LogP contribution in [0.15, 0.2) is 73.0 Å². The van der Waals surface area contributed by atoms with E-state index in [1.807, 2.05) is 59.3 Å². The maximum absolute atomic E-state index is 6.20. The summed E-state index contributed by atoms with van der Waals surface area (Å²) in [5, 5.41) is 0.725. The van der Waals surface area contributed by atoms with Crippen LogP contribution < -0.4 is 4.74 Å². The van der Waals surface area contributed by atoms with Crippen LogP contribution in [0.4, 0.5) is 0 Å².